The number of carbonyl (C=O) groups is 1. The Balaban J connectivity index is 1.39. The van der Waals surface area contributed by atoms with Crippen molar-refractivity contribution in [2.75, 3.05) is 37.9 Å². The molecule has 2 aliphatic carbocycles. The van der Waals surface area contributed by atoms with E-state index in [2.05, 4.69) is 14.9 Å². The maximum absolute atomic E-state index is 12.3. The number of amides is 1. The first kappa shape index (κ1) is 23.7. The average molecular weight is 482 g/mol. The van der Waals surface area contributed by atoms with Crippen LogP contribution in [0.15, 0.2) is 18.3 Å². The molecular weight excluding hydrogens is 446 g/mol. The summed E-state index contributed by atoms with van der Waals surface area (Å²) in [7, 11) is 3.63. The predicted molar refractivity (Wildman–Crippen MR) is 132 cm³/mol. The van der Waals surface area contributed by atoms with E-state index in [4.69, 9.17) is 25.2 Å². The van der Waals surface area contributed by atoms with Crippen LogP contribution in [0, 0.1) is 5.92 Å². The standard InChI is InChI=1S/C25H35N7O3/c1-31(2)23(33)16-7-10-18(11-8-16)35-25-29-22(17-9-12-21(26)27-15-17)28-24(30-25)32-13-14-34-20-6-4-3-5-19(20)32/h9,12,15-16,18-20H,3-8,10-11,13-14H2,1-2H3,(H2,26,27). The lowest BCUT2D eigenvalue weighted by Gasteiger charge is -2.43. The van der Waals surface area contributed by atoms with Crippen LogP contribution in [0.1, 0.15) is 51.4 Å². The minimum absolute atomic E-state index is 0.0269. The first-order chi connectivity index (χ1) is 17.0. The van der Waals surface area contributed by atoms with E-state index < -0.39 is 0 Å². The van der Waals surface area contributed by atoms with E-state index in [1.807, 2.05) is 20.2 Å². The van der Waals surface area contributed by atoms with Crippen LogP contribution >= 0.6 is 0 Å². The Bertz CT molecular complexity index is 1020. The summed E-state index contributed by atoms with van der Waals surface area (Å²) in [5.41, 5.74) is 6.56. The number of morpholine rings is 1. The largest absolute Gasteiger partial charge is 0.460 e. The number of hydrogen-bond donors (Lipinski definition) is 1. The smallest absolute Gasteiger partial charge is 0.322 e. The first-order valence-corrected chi connectivity index (χ1v) is 12.7. The second-order valence-corrected chi connectivity index (χ2v) is 9.99. The monoisotopic (exact) mass is 481 g/mol. The van der Waals surface area contributed by atoms with Crippen LogP contribution in [-0.2, 0) is 9.53 Å². The van der Waals surface area contributed by atoms with Gasteiger partial charge in [0.05, 0.1) is 18.8 Å². The zero-order valence-corrected chi connectivity index (χ0v) is 20.6. The normalized spacial score (nSPS) is 26.6. The molecule has 0 radical (unpaired) electrons. The van der Waals surface area contributed by atoms with Crippen molar-refractivity contribution in [3.05, 3.63) is 18.3 Å². The number of ether oxygens (including phenoxy) is 2. The summed E-state index contributed by atoms with van der Waals surface area (Å²) in [6, 6.07) is 4.20. The highest BCUT2D eigenvalue weighted by Crippen LogP contribution is 2.33. The van der Waals surface area contributed by atoms with Gasteiger partial charge >= 0.3 is 6.01 Å². The fourth-order valence-corrected chi connectivity index (χ4v) is 5.48. The zero-order chi connectivity index (χ0) is 24.4. The Labute approximate surface area is 206 Å². The van der Waals surface area contributed by atoms with E-state index in [1.54, 1.807) is 17.2 Å². The number of carbonyl (C=O) groups excluding carboxylic acids is 1. The van der Waals surface area contributed by atoms with Crippen molar-refractivity contribution in [1.29, 1.82) is 0 Å². The lowest BCUT2D eigenvalue weighted by atomic mass is 9.86. The molecule has 5 rings (SSSR count). The third kappa shape index (κ3) is 5.32. The molecule has 3 aliphatic rings. The fourth-order valence-electron chi connectivity index (χ4n) is 5.48. The molecule has 10 heteroatoms. The molecule has 2 unspecified atom stereocenters. The highest BCUT2D eigenvalue weighted by molar-refractivity contribution is 5.78. The predicted octanol–water partition coefficient (Wildman–Crippen LogP) is 2.69. The summed E-state index contributed by atoms with van der Waals surface area (Å²) in [6.07, 6.45) is 9.58. The van der Waals surface area contributed by atoms with Gasteiger partial charge in [-0.2, -0.15) is 15.0 Å². The van der Waals surface area contributed by atoms with Crippen molar-refractivity contribution >= 4 is 17.7 Å². The summed E-state index contributed by atoms with van der Waals surface area (Å²) in [6.45, 7) is 1.40. The summed E-state index contributed by atoms with van der Waals surface area (Å²) < 4.78 is 12.4. The molecule has 10 nitrogen and oxygen atoms in total. The van der Waals surface area contributed by atoms with Crippen LogP contribution in [0.5, 0.6) is 6.01 Å². The van der Waals surface area contributed by atoms with Crippen molar-refractivity contribution in [3.63, 3.8) is 0 Å². The molecule has 2 aromatic rings. The molecule has 1 amide bonds. The van der Waals surface area contributed by atoms with Crippen molar-refractivity contribution in [2.24, 2.45) is 5.92 Å². The van der Waals surface area contributed by atoms with Gasteiger partial charge in [0, 0.05) is 38.3 Å². The fraction of sp³-hybridized carbons (Fsp3) is 0.640. The topological polar surface area (TPSA) is 120 Å². The van der Waals surface area contributed by atoms with E-state index in [0.29, 0.717) is 30.2 Å². The van der Waals surface area contributed by atoms with Gasteiger partial charge in [0.25, 0.3) is 0 Å². The van der Waals surface area contributed by atoms with Gasteiger partial charge in [-0.3, -0.25) is 4.79 Å². The minimum Gasteiger partial charge on any atom is -0.460 e. The highest BCUT2D eigenvalue weighted by Gasteiger charge is 2.36. The molecule has 2 saturated carbocycles. The molecule has 35 heavy (non-hydrogen) atoms. The van der Waals surface area contributed by atoms with E-state index in [-0.39, 0.29) is 30.1 Å². The van der Waals surface area contributed by atoms with Crippen molar-refractivity contribution < 1.29 is 14.3 Å². The van der Waals surface area contributed by atoms with Gasteiger partial charge in [0.1, 0.15) is 11.9 Å². The molecule has 1 aliphatic heterocycles. The van der Waals surface area contributed by atoms with Gasteiger partial charge in [0.2, 0.25) is 11.9 Å². The molecule has 3 fully saturated rings. The lowest BCUT2D eigenvalue weighted by molar-refractivity contribution is -0.134. The Morgan fingerprint density at radius 3 is 2.63 bits per heavy atom. The SMILES string of the molecule is CN(C)C(=O)C1CCC(Oc2nc(-c3ccc(N)nc3)nc(N3CCOC4CCCCC43)n2)CC1. The number of rotatable bonds is 5. The van der Waals surface area contributed by atoms with Crippen LogP contribution in [0.3, 0.4) is 0 Å². The van der Waals surface area contributed by atoms with E-state index >= 15 is 0 Å². The van der Waals surface area contributed by atoms with E-state index in [9.17, 15) is 4.79 Å². The number of nitrogens with zero attached hydrogens (tertiary/aromatic N) is 6. The molecule has 2 aromatic heterocycles. The van der Waals surface area contributed by atoms with Gasteiger partial charge in [0.15, 0.2) is 5.82 Å². The second kappa shape index (κ2) is 10.3. The van der Waals surface area contributed by atoms with Crippen molar-refractivity contribution in [2.45, 2.75) is 69.6 Å². The van der Waals surface area contributed by atoms with E-state index in [0.717, 1.165) is 50.6 Å². The minimum atomic E-state index is -0.0269. The number of anilines is 2. The van der Waals surface area contributed by atoms with Crippen LogP contribution in [0.2, 0.25) is 0 Å². The number of fused-ring (bicyclic) bond motifs is 1. The van der Waals surface area contributed by atoms with Crippen molar-refractivity contribution in [1.82, 2.24) is 24.8 Å². The third-order valence-corrected chi connectivity index (χ3v) is 7.37. The molecule has 0 spiro atoms. The lowest BCUT2D eigenvalue weighted by Crippen LogP contribution is -2.53. The van der Waals surface area contributed by atoms with Gasteiger partial charge in [-0.1, -0.05) is 12.8 Å². The Morgan fingerprint density at radius 2 is 1.89 bits per heavy atom. The molecule has 0 aromatic carbocycles. The van der Waals surface area contributed by atoms with Crippen LogP contribution in [0.4, 0.5) is 11.8 Å². The quantitative estimate of drug-likeness (QED) is 0.687. The first-order valence-electron chi connectivity index (χ1n) is 12.7. The number of nitrogen functional groups attached to an aromatic ring is 1. The van der Waals surface area contributed by atoms with Crippen LogP contribution in [0.25, 0.3) is 11.4 Å². The zero-order valence-electron chi connectivity index (χ0n) is 20.6. The van der Waals surface area contributed by atoms with Gasteiger partial charge in [-0.15, -0.1) is 0 Å². The second-order valence-electron chi connectivity index (χ2n) is 9.99. The summed E-state index contributed by atoms with van der Waals surface area (Å²) in [4.78, 5) is 34.8. The molecule has 2 atom stereocenters. The van der Waals surface area contributed by atoms with Gasteiger partial charge in [-0.25, -0.2) is 4.98 Å². The molecule has 1 saturated heterocycles. The Kier molecular flexibility index (Phi) is 6.99. The van der Waals surface area contributed by atoms with Gasteiger partial charge in [-0.05, 0) is 50.7 Å². The average Bonchev–Trinajstić information content (AvgIpc) is 2.88. The Hall–Kier alpha value is -3.01. The summed E-state index contributed by atoms with van der Waals surface area (Å²) >= 11 is 0. The molecule has 188 valence electrons. The molecule has 3 heterocycles. The van der Waals surface area contributed by atoms with Crippen LogP contribution < -0.4 is 15.4 Å². The molecule has 0 bridgehead atoms. The number of aromatic nitrogens is 4. The Morgan fingerprint density at radius 1 is 1.09 bits per heavy atom. The summed E-state index contributed by atoms with van der Waals surface area (Å²) in [5.74, 6) is 1.85. The van der Waals surface area contributed by atoms with Crippen molar-refractivity contribution in [3.8, 4) is 17.4 Å². The van der Waals surface area contributed by atoms with E-state index in [1.165, 1.54) is 12.8 Å². The number of nitrogens with two attached hydrogens (primary N) is 1. The number of pyridine rings is 1. The maximum Gasteiger partial charge on any atom is 0.322 e. The number of hydrogen-bond acceptors (Lipinski definition) is 9. The maximum atomic E-state index is 12.3. The highest BCUT2D eigenvalue weighted by atomic mass is 16.5. The van der Waals surface area contributed by atoms with Gasteiger partial charge < -0.3 is 25.0 Å². The van der Waals surface area contributed by atoms with Crippen LogP contribution in [-0.4, -0.2) is 76.2 Å². The molecular formula is C25H35N7O3. The third-order valence-electron chi connectivity index (χ3n) is 7.37. The molecule has 2 N–H and O–H groups in total. The summed E-state index contributed by atoms with van der Waals surface area (Å²) in [5, 5.41) is 0.